The summed E-state index contributed by atoms with van der Waals surface area (Å²) in [6, 6.07) is 13.1. The molecule has 1 N–H and O–H groups in total. The van der Waals surface area contributed by atoms with E-state index in [1.165, 1.54) is 7.11 Å². The number of rotatable bonds is 9. The van der Waals surface area contributed by atoms with Gasteiger partial charge in [-0.3, -0.25) is 9.59 Å². The second-order valence-corrected chi connectivity index (χ2v) is 5.99. The Kier molecular flexibility index (Phi) is 7.67. The van der Waals surface area contributed by atoms with E-state index in [0.29, 0.717) is 24.5 Å². The SMILES string of the molecule is COC(=O)Cc1ccccc1CC(=O)NCCc1ccc(OC)c(OC)c1. The first-order valence-corrected chi connectivity index (χ1v) is 8.68. The van der Waals surface area contributed by atoms with Gasteiger partial charge in [0.25, 0.3) is 0 Å². The Labute approximate surface area is 159 Å². The predicted molar refractivity (Wildman–Crippen MR) is 102 cm³/mol. The maximum absolute atomic E-state index is 12.3. The predicted octanol–water partition coefficient (Wildman–Crippen LogP) is 2.32. The molecule has 0 heterocycles. The van der Waals surface area contributed by atoms with Crippen molar-refractivity contribution in [2.45, 2.75) is 19.3 Å². The van der Waals surface area contributed by atoms with E-state index in [0.717, 1.165) is 16.7 Å². The van der Waals surface area contributed by atoms with Crippen LogP contribution in [0.5, 0.6) is 11.5 Å². The molecule has 0 saturated carbocycles. The van der Waals surface area contributed by atoms with Crippen LogP contribution in [0.4, 0.5) is 0 Å². The Morgan fingerprint density at radius 2 is 1.56 bits per heavy atom. The zero-order valence-electron chi connectivity index (χ0n) is 15.9. The van der Waals surface area contributed by atoms with Crippen LogP contribution in [0, 0.1) is 0 Å². The fourth-order valence-corrected chi connectivity index (χ4v) is 2.75. The van der Waals surface area contributed by atoms with Crippen LogP contribution in [0.3, 0.4) is 0 Å². The first kappa shape index (κ1) is 20.3. The Hall–Kier alpha value is -3.02. The molecular weight excluding hydrogens is 346 g/mol. The normalized spacial score (nSPS) is 10.2. The first-order chi connectivity index (χ1) is 13.1. The monoisotopic (exact) mass is 371 g/mol. The summed E-state index contributed by atoms with van der Waals surface area (Å²) in [6.07, 6.45) is 1.06. The average Bonchev–Trinajstić information content (AvgIpc) is 2.69. The van der Waals surface area contributed by atoms with E-state index in [9.17, 15) is 9.59 Å². The molecule has 2 aromatic rings. The molecule has 0 saturated heterocycles. The quantitative estimate of drug-likeness (QED) is 0.685. The maximum atomic E-state index is 12.3. The number of benzene rings is 2. The summed E-state index contributed by atoms with van der Waals surface area (Å²) in [7, 11) is 4.54. The fourth-order valence-electron chi connectivity index (χ4n) is 2.75. The molecule has 6 nitrogen and oxygen atoms in total. The number of methoxy groups -OCH3 is 3. The van der Waals surface area contributed by atoms with Crippen molar-refractivity contribution in [3.8, 4) is 11.5 Å². The van der Waals surface area contributed by atoms with Gasteiger partial charge in [0.05, 0.1) is 34.2 Å². The number of nitrogens with one attached hydrogen (secondary N) is 1. The summed E-state index contributed by atoms with van der Waals surface area (Å²) < 4.78 is 15.2. The standard InChI is InChI=1S/C21H25NO5/c1-25-18-9-8-15(12-19(18)26-2)10-11-22-20(23)13-16-6-4-5-7-17(16)14-21(24)27-3/h4-9,12H,10-11,13-14H2,1-3H3,(H,22,23). The number of amides is 1. The number of carbonyl (C=O) groups is 2. The van der Waals surface area contributed by atoms with Crippen LogP contribution in [0.15, 0.2) is 42.5 Å². The lowest BCUT2D eigenvalue weighted by Crippen LogP contribution is -2.27. The summed E-state index contributed by atoms with van der Waals surface area (Å²) in [5, 5.41) is 2.91. The van der Waals surface area contributed by atoms with E-state index in [1.54, 1.807) is 14.2 Å². The first-order valence-electron chi connectivity index (χ1n) is 8.68. The summed E-state index contributed by atoms with van der Waals surface area (Å²) in [5.74, 6) is 0.926. The molecule has 0 radical (unpaired) electrons. The molecule has 1 amide bonds. The Morgan fingerprint density at radius 1 is 0.889 bits per heavy atom. The highest BCUT2D eigenvalue weighted by molar-refractivity contribution is 5.80. The third kappa shape index (κ3) is 6.02. The molecule has 0 aliphatic rings. The van der Waals surface area contributed by atoms with Gasteiger partial charge >= 0.3 is 5.97 Å². The zero-order chi connectivity index (χ0) is 19.6. The lowest BCUT2D eigenvalue weighted by molar-refractivity contribution is -0.139. The van der Waals surface area contributed by atoms with Crippen molar-refractivity contribution in [2.24, 2.45) is 0 Å². The van der Waals surface area contributed by atoms with E-state index in [2.05, 4.69) is 5.32 Å². The third-order valence-electron chi connectivity index (χ3n) is 4.22. The van der Waals surface area contributed by atoms with Gasteiger partial charge in [-0.1, -0.05) is 30.3 Å². The van der Waals surface area contributed by atoms with Crippen LogP contribution in [0.25, 0.3) is 0 Å². The van der Waals surface area contributed by atoms with Gasteiger partial charge in [0, 0.05) is 6.54 Å². The van der Waals surface area contributed by atoms with E-state index in [-0.39, 0.29) is 24.7 Å². The minimum Gasteiger partial charge on any atom is -0.493 e. The zero-order valence-corrected chi connectivity index (χ0v) is 15.9. The van der Waals surface area contributed by atoms with Crippen molar-refractivity contribution in [1.29, 1.82) is 0 Å². The van der Waals surface area contributed by atoms with E-state index in [4.69, 9.17) is 14.2 Å². The molecular formula is C21H25NO5. The molecule has 0 aliphatic carbocycles. The highest BCUT2D eigenvalue weighted by atomic mass is 16.5. The second-order valence-electron chi connectivity index (χ2n) is 5.99. The van der Waals surface area contributed by atoms with Crippen LogP contribution in [0.1, 0.15) is 16.7 Å². The minimum absolute atomic E-state index is 0.0900. The maximum Gasteiger partial charge on any atom is 0.309 e. The number of hydrogen-bond donors (Lipinski definition) is 1. The van der Waals surface area contributed by atoms with Gasteiger partial charge in [0.1, 0.15) is 0 Å². The van der Waals surface area contributed by atoms with Gasteiger partial charge in [-0.2, -0.15) is 0 Å². The third-order valence-corrected chi connectivity index (χ3v) is 4.22. The number of carbonyl (C=O) groups excluding carboxylic acids is 2. The molecule has 6 heteroatoms. The largest absolute Gasteiger partial charge is 0.493 e. The van der Waals surface area contributed by atoms with Crippen LogP contribution in [0.2, 0.25) is 0 Å². The van der Waals surface area contributed by atoms with Gasteiger partial charge in [0.2, 0.25) is 5.91 Å². The molecule has 2 rings (SSSR count). The summed E-state index contributed by atoms with van der Waals surface area (Å²) in [5.41, 5.74) is 2.67. The molecule has 0 bridgehead atoms. The van der Waals surface area contributed by atoms with Crippen LogP contribution >= 0.6 is 0 Å². The molecule has 144 valence electrons. The molecule has 2 aromatic carbocycles. The van der Waals surface area contributed by atoms with Crippen LogP contribution < -0.4 is 14.8 Å². The molecule has 0 fully saturated rings. The second kappa shape index (κ2) is 10.2. The Morgan fingerprint density at radius 3 is 2.19 bits per heavy atom. The highest BCUT2D eigenvalue weighted by Crippen LogP contribution is 2.27. The minimum atomic E-state index is -0.323. The van der Waals surface area contributed by atoms with Crippen molar-refractivity contribution in [2.75, 3.05) is 27.9 Å². The van der Waals surface area contributed by atoms with Crippen molar-refractivity contribution >= 4 is 11.9 Å². The molecule has 0 aromatic heterocycles. The van der Waals surface area contributed by atoms with E-state index < -0.39 is 0 Å². The molecule has 0 aliphatic heterocycles. The van der Waals surface area contributed by atoms with Crippen LogP contribution in [-0.4, -0.2) is 39.8 Å². The van der Waals surface area contributed by atoms with Crippen molar-refractivity contribution < 1.29 is 23.8 Å². The van der Waals surface area contributed by atoms with Crippen molar-refractivity contribution in [3.63, 3.8) is 0 Å². The summed E-state index contributed by atoms with van der Waals surface area (Å²) >= 11 is 0. The number of hydrogen-bond acceptors (Lipinski definition) is 5. The Balaban J connectivity index is 1.89. The van der Waals surface area contributed by atoms with E-state index in [1.807, 2.05) is 42.5 Å². The lowest BCUT2D eigenvalue weighted by atomic mass is 10.0. The van der Waals surface area contributed by atoms with Crippen molar-refractivity contribution in [1.82, 2.24) is 5.32 Å². The Bertz CT molecular complexity index is 788. The average molecular weight is 371 g/mol. The van der Waals surface area contributed by atoms with Gasteiger partial charge in [-0.15, -0.1) is 0 Å². The summed E-state index contributed by atoms with van der Waals surface area (Å²) in [4.78, 5) is 23.8. The van der Waals surface area contributed by atoms with Gasteiger partial charge in [-0.25, -0.2) is 0 Å². The number of esters is 1. The molecule has 0 atom stereocenters. The topological polar surface area (TPSA) is 73.9 Å². The fraction of sp³-hybridized carbons (Fsp3) is 0.333. The molecule has 0 unspecified atom stereocenters. The molecule has 0 spiro atoms. The highest BCUT2D eigenvalue weighted by Gasteiger charge is 2.11. The van der Waals surface area contributed by atoms with Gasteiger partial charge < -0.3 is 19.5 Å². The molecule has 27 heavy (non-hydrogen) atoms. The van der Waals surface area contributed by atoms with Crippen molar-refractivity contribution in [3.05, 3.63) is 59.2 Å². The van der Waals surface area contributed by atoms with E-state index >= 15 is 0 Å². The van der Waals surface area contributed by atoms with Gasteiger partial charge in [0.15, 0.2) is 11.5 Å². The smallest absolute Gasteiger partial charge is 0.309 e. The summed E-state index contributed by atoms with van der Waals surface area (Å²) in [6.45, 7) is 0.507. The number of ether oxygens (including phenoxy) is 3. The van der Waals surface area contributed by atoms with Crippen LogP contribution in [-0.2, 0) is 33.6 Å². The lowest BCUT2D eigenvalue weighted by Gasteiger charge is -2.11. The van der Waals surface area contributed by atoms with Gasteiger partial charge in [-0.05, 0) is 35.2 Å².